The fourth-order valence-corrected chi connectivity index (χ4v) is 2.18. The molecule has 0 spiro atoms. The molecule has 2 N–H and O–H groups in total. The number of halogens is 2. The predicted octanol–water partition coefficient (Wildman–Crippen LogP) is 3.54. The van der Waals surface area contributed by atoms with Gasteiger partial charge in [0.15, 0.2) is 0 Å². The Hall–Kier alpha value is -2.08. The van der Waals surface area contributed by atoms with Gasteiger partial charge in [0, 0.05) is 11.3 Å². The molecule has 2 aromatic rings. The Labute approximate surface area is 129 Å². The van der Waals surface area contributed by atoms with Crippen molar-refractivity contribution < 1.29 is 18.7 Å². The number of hydrogen-bond acceptors (Lipinski definition) is 4. The third-order valence-electron chi connectivity index (χ3n) is 2.86. The zero-order chi connectivity index (χ0) is 15.4. The van der Waals surface area contributed by atoms with E-state index in [1.165, 1.54) is 25.3 Å². The van der Waals surface area contributed by atoms with E-state index in [0.29, 0.717) is 21.5 Å². The van der Waals surface area contributed by atoms with E-state index < -0.39 is 5.97 Å². The molecular formula is C15H13BrFNO3. The van der Waals surface area contributed by atoms with Crippen LogP contribution in [0.2, 0.25) is 0 Å². The number of methoxy groups -OCH3 is 1. The van der Waals surface area contributed by atoms with Gasteiger partial charge in [-0.2, -0.15) is 0 Å². The number of rotatable bonds is 4. The lowest BCUT2D eigenvalue weighted by Crippen LogP contribution is -2.11. The number of carbonyl (C=O) groups is 1. The first-order valence-electron chi connectivity index (χ1n) is 6.06. The van der Waals surface area contributed by atoms with Crippen molar-refractivity contribution >= 4 is 27.6 Å². The predicted molar refractivity (Wildman–Crippen MR) is 80.6 cm³/mol. The third kappa shape index (κ3) is 3.52. The second-order valence-electron chi connectivity index (χ2n) is 4.24. The molecule has 0 unspecified atom stereocenters. The van der Waals surface area contributed by atoms with Crippen molar-refractivity contribution in [1.82, 2.24) is 0 Å². The Bertz CT molecular complexity index is 676. The Morgan fingerprint density at radius 2 is 2.10 bits per heavy atom. The number of carbonyl (C=O) groups excluding carboxylic acids is 1. The Kier molecular flexibility index (Phi) is 4.80. The first kappa shape index (κ1) is 15.3. The molecule has 110 valence electrons. The van der Waals surface area contributed by atoms with E-state index in [1.807, 2.05) is 0 Å². The minimum atomic E-state index is -0.521. The lowest BCUT2D eigenvalue weighted by molar-refractivity contribution is 0.0599. The highest BCUT2D eigenvalue weighted by Gasteiger charge is 2.15. The molecule has 0 aliphatic rings. The van der Waals surface area contributed by atoms with Crippen molar-refractivity contribution in [2.45, 2.75) is 6.61 Å². The lowest BCUT2D eigenvalue weighted by Gasteiger charge is -2.12. The molecule has 0 aliphatic carbocycles. The molecular weight excluding hydrogens is 341 g/mol. The van der Waals surface area contributed by atoms with Gasteiger partial charge in [-0.05, 0) is 40.2 Å². The van der Waals surface area contributed by atoms with Crippen LogP contribution in [0.1, 0.15) is 15.9 Å². The number of benzene rings is 2. The van der Waals surface area contributed by atoms with E-state index in [2.05, 4.69) is 15.9 Å². The minimum Gasteiger partial charge on any atom is -0.489 e. The monoisotopic (exact) mass is 353 g/mol. The smallest absolute Gasteiger partial charge is 0.340 e. The van der Waals surface area contributed by atoms with Gasteiger partial charge in [-0.3, -0.25) is 0 Å². The average Bonchev–Trinajstić information content (AvgIpc) is 2.48. The van der Waals surface area contributed by atoms with Crippen molar-refractivity contribution in [2.75, 3.05) is 12.8 Å². The van der Waals surface area contributed by atoms with Gasteiger partial charge in [-0.15, -0.1) is 0 Å². The molecule has 0 atom stereocenters. The van der Waals surface area contributed by atoms with Crippen molar-refractivity contribution in [1.29, 1.82) is 0 Å². The summed E-state index contributed by atoms with van der Waals surface area (Å²) in [5.41, 5.74) is 7.00. The van der Waals surface area contributed by atoms with Crippen LogP contribution in [0.25, 0.3) is 0 Å². The summed E-state index contributed by atoms with van der Waals surface area (Å²) in [6, 6.07) is 9.37. The first-order valence-corrected chi connectivity index (χ1v) is 6.85. The maximum atomic E-state index is 13.2. The molecule has 0 radical (unpaired) electrons. The molecule has 4 nitrogen and oxygen atoms in total. The Balaban J connectivity index is 2.22. The quantitative estimate of drug-likeness (QED) is 0.674. The van der Waals surface area contributed by atoms with Gasteiger partial charge in [0.25, 0.3) is 0 Å². The number of nitrogens with two attached hydrogens (primary N) is 1. The summed E-state index contributed by atoms with van der Waals surface area (Å²) in [5, 5.41) is 0. The van der Waals surface area contributed by atoms with Crippen LogP contribution in [0.5, 0.6) is 5.75 Å². The van der Waals surface area contributed by atoms with Crippen LogP contribution in [0.3, 0.4) is 0 Å². The zero-order valence-corrected chi connectivity index (χ0v) is 12.8. The maximum Gasteiger partial charge on any atom is 0.340 e. The summed E-state index contributed by atoms with van der Waals surface area (Å²) in [7, 11) is 1.29. The molecule has 0 amide bonds. The highest BCUT2D eigenvalue weighted by Crippen LogP contribution is 2.24. The summed E-state index contributed by atoms with van der Waals surface area (Å²) in [6.07, 6.45) is 0. The van der Waals surface area contributed by atoms with Crippen LogP contribution >= 0.6 is 15.9 Å². The molecule has 2 aromatic carbocycles. The van der Waals surface area contributed by atoms with Crippen LogP contribution < -0.4 is 10.5 Å². The molecule has 0 aromatic heterocycles. The van der Waals surface area contributed by atoms with E-state index in [-0.39, 0.29) is 18.0 Å². The number of nitrogen functional groups attached to an aromatic ring is 1. The van der Waals surface area contributed by atoms with Crippen molar-refractivity contribution in [3.05, 3.63) is 57.8 Å². The summed E-state index contributed by atoms with van der Waals surface area (Å²) in [4.78, 5) is 11.8. The molecule has 0 saturated carbocycles. The largest absolute Gasteiger partial charge is 0.489 e. The van der Waals surface area contributed by atoms with E-state index >= 15 is 0 Å². The fourth-order valence-electron chi connectivity index (χ4n) is 1.82. The molecule has 0 aliphatic heterocycles. The lowest BCUT2D eigenvalue weighted by atomic mass is 10.1. The zero-order valence-electron chi connectivity index (χ0n) is 11.2. The molecule has 0 heterocycles. The van der Waals surface area contributed by atoms with Gasteiger partial charge < -0.3 is 15.2 Å². The molecule has 6 heteroatoms. The summed E-state index contributed by atoms with van der Waals surface area (Å²) in [6.45, 7) is 0.119. The van der Waals surface area contributed by atoms with E-state index in [4.69, 9.17) is 15.2 Å². The van der Waals surface area contributed by atoms with Crippen molar-refractivity contribution in [2.24, 2.45) is 0 Å². The third-order valence-corrected chi connectivity index (χ3v) is 3.47. The molecule has 0 fully saturated rings. The van der Waals surface area contributed by atoms with E-state index in [9.17, 15) is 9.18 Å². The van der Waals surface area contributed by atoms with Gasteiger partial charge in [0.1, 0.15) is 18.2 Å². The molecule has 0 bridgehead atoms. The maximum absolute atomic E-state index is 13.2. The average molecular weight is 354 g/mol. The van der Waals surface area contributed by atoms with E-state index in [0.717, 1.165) is 0 Å². The standard InChI is InChI=1S/C15H13BrFNO3/c1-20-15(19)14-9(3-2-4-13(14)18)8-21-10-5-6-12(17)11(16)7-10/h2-7H,8,18H2,1H3. The van der Waals surface area contributed by atoms with E-state index in [1.54, 1.807) is 18.2 Å². The SMILES string of the molecule is COC(=O)c1c(N)cccc1COc1ccc(F)c(Br)c1. The number of ether oxygens (including phenoxy) is 2. The van der Waals surface area contributed by atoms with Crippen LogP contribution in [-0.2, 0) is 11.3 Å². The van der Waals surface area contributed by atoms with Crippen LogP contribution in [0.4, 0.5) is 10.1 Å². The second kappa shape index (κ2) is 6.58. The topological polar surface area (TPSA) is 61.5 Å². The number of anilines is 1. The van der Waals surface area contributed by atoms with Gasteiger partial charge in [-0.1, -0.05) is 12.1 Å². The van der Waals surface area contributed by atoms with Crippen molar-refractivity contribution in [3.8, 4) is 5.75 Å². The van der Waals surface area contributed by atoms with Gasteiger partial charge in [0.05, 0.1) is 17.1 Å². The summed E-state index contributed by atoms with van der Waals surface area (Å²) in [5.74, 6) is -0.421. The Morgan fingerprint density at radius 1 is 1.33 bits per heavy atom. The van der Waals surface area contributed by atoms with Gasteiger partial charge >= 0.3 is 5.97 Å². The first-order chi connectivity index (χ1) is 10.0. The fraction of sp³-hybridized carbons (Fsp3) is 0.133. The normalized spacial score (nSPS) is 10.2. The van der Waals surface area contributed by atoms with Crippen LogP contribution in [0, 0.1) is 5.82 Å². The number of esters is 1. The molecule has 21 heavy (non-hydrogen) atoms. The summed E-state index contributed by atoms with van der Waals surface area (Å²) < 4.78 is 23.7. The van der Waals surface area contributed by atoms with Crippen molar-refractivity contribution in [3.63, 3.8) is 0 Å². The summed E-state index contributed by atoms with van der Waals surface area (Å²) >= 11 is 3.08. The van der Waals surface area contributed by atoms with Gasteiger partial charge in [-0.25, -0.2) is 9.18 Å². The van der Waals surface area contributed by atoms with Crippen LogP contribution in [0.15, 0.2) is 40.9 Å². The highest BCUT2D eigenvalue weighted by molar-refractivity contribution is 9.10. The molecule has 2 rings (SSSR count). The number of hydrogen-bond donors (Lipinski definition) is 1. The molecule has 0 saturated heterocycles. The minimum absolute atomic E-state index is 0.119. The highest BCUT2D eigenvalue weighted by atomic mass is 79.9. The Morgan fingerprint density at radius 3 is 2.76 bits per heavy atom. The van der Waals surface area contributed by atoms with Gasteiger partial charge in [0.2, 0.25) is 0 Å². The van der Waals surface area contributed by atoms with Crippen LogP contribution in [-0.4, -0.2) is 13.1 Å². The second-order valence-corrected chi connectivity index (χ2v) is 5.09.